The van der Waals surface area contributed by atoms with E-state index in [1.165, 1.54) is 11.8 Å². The predicted molar refractivity (Wildman–Crippen MR) is 112 cm³/mol. The van der Waals surface area contributed by atoms with E-state index in [1.807, 2.05) is 54.6 Å². The molecule has 0 bridgehead atoms. The van der Waals surface area contributed by atoms with Crippen LogP contribution in [-0.4, -0.2) is 31.2 Å². The fourth-order valence-electron chi connectivity index (χ4n) is 2.93. The number of amides is 1. The molecule has 28 heavy (non-hydrogen) atoms. The zero-order chi connectivity index (χ0) is 19.3. The normalized spacial score (nSPS) is 10.9. The van der Waals surface area contributed by atoms with Crippen LogP contribution in [0.4, 0.5) is 5.69 Å². The molecule has 0 spiro atoms. The molecule has 1 amide bonds. The van der Waals surface area contributed by atoms with Crippen LogP contribution in [0.1, 0.15) is 6.92 Å². The van der Waals surface area contributed by atoms with Gasteiger partial charge in [-0.2, -0.15) is 0 Å². The first-order chi connectivity index (χ1) is 13.7. The molecule has 2 aromatic carbocycles. The van der Waals surface area contributed by atoms with Crippen molar-refractivity contribution in [1.29, 1.82) is 0 Å². The van der Waals surface area contributed by atoms with Gasteiger partial charge in [0.05, 0.1) is 34.9 Å². The highest BCUT2D eigenvalue weighted by atomic mass is 32.2. The van der Waals surface area contributed by atoms with Crippen LogP contribution < -0.4 is 5.32 Å². The molecule has 0 saturated carbocycles. The van der Waals surface area contributed by atoms with Gasteiger partial charge in [0.15, 0.2) is 11.0 Å². The Morgan fingerprint density at radius 3 is 2.50 bits per heavy atom. The number of nitrogens with one attached hydrogen (secondary N) is 1. The van der Waals surface area contributed by atoms with Crippen LogP contribution in [0, 0.1) is 0 Å². The van der Waals surface area contributed by atoms with Gasteiger partial charge in [0, 0.05) is 12.1 Å². The van der Waals surface area contributed by atoms with Crippen LogP contribution in [0.5, 0.6) is 0 Å². The lowest BCUT2D eigenvalue weighted by molar-refractivity contribution is -0.113. The standard InChI is InChI=1S/C21H19N5OS/c1-2-26-18-11-7-6-10-17(18)25-21(26)28-14-19(27)24-16-12-22-20(23-13-16)15-8-4-3-5-9-15/h3-13H,2,14H2,1H3,(H,24,27). The van der Waals surface area contributed by atoms with Crippen molar-refractivity contribution < 1.29 is 4.79 Å². The molecule has 0 saturated heterocycles. The van der Waals surface area contributed by atoms with Crippen molar-refractivity contribution in [2.24, 2.45) is 0 Å². The lowest BCUT2D eigenvalue weighted by Crippen LogP contribution is -2.15. The molecule has 0 aliphatic rings. The molecule has 0 unspecified atom stereocenters. The molecular weight excluding hydrogens is 370 g/mol. The van der Waals surface area contributed by atoms with Gasteiger partial charge in [0.2, 0.25) is 5.91 Å². The number of imidazole rings is 1. The summed E-state index contributed by atoms with van der Waals surface area (Å²) in [5.74, 6) is 0.782. The largest absolute Gasteiger partial charge is 0.323 e. The second-order valence-electron chi connectivity index (χ2n) is 6.13. The quantitative estimate of drug-likeness (QED) is 0.499. The summed E-state index contributed by atoms with van der Waals surface area (Å²) in [6.07, 6.45) is 3.25. The van der Waals surface area contributed by atoms with E-state index in [2.05, 4.69) is 31.8 Å². The number of benzene rings is 2. The Bertz CT molecular complexity index is 1090. The Balaban J connectivity index is 1.40. The minimum absolute atomic E-state index is 0.115. The highest BCUT2D eigenvalue weighted by Gasteiger charge is 2.12. The number of carbonyl (C=O) groups is 1. The summed E-state index contributed by atoms with van der Waals surface area (Å²) >= 11 is 1.42. The number of rotatable bonds is 6. The van der Waals surface area contributed by atoms with Crippen molar-refractivity contribution in [1.82, 2.24) is 19.5 Å². The molecule has 0 radical (unpaired) electrons. The summed E-state index contributed by atoms with van der Waals surface area (Å²) in [5.41, 5.74) is 3.54. The fraction of sp³-hybridized carbons (Fsp3) is 0.143. The van der Waals surface area contributed by atoms with Gasteiger partial charge < -0.3 is 9.88 Å². The van der Waals surface area contributed by atoms with Gasteiger partial charge in [-0.3, -0.25) is 4.79 Å². The average molecular weight is 389 g/mol. The van der Waals surface area contributed by atoms with E-state index < -0.39 is 0 Å². The summed E-state index contributed by atoms with van der Waals surface area (Å²) in [6.45, 7) is 2.88. The van der Waals surface area contributed by atoms with Gasteiger partial charge in [0.25, 0.3) is 0 Å². The van der Waals surface area contributed by atoms with Gasteiger partial charge >= 0.3 is 0 Å². The summed E-state index contributed by atoms with van der Waals surface area (Å²) in [6, 6.07) is 17.7. The third kappa shape index (κ3) is 3.89. The summed E-state index contributed by atoms with van der Waals surface area (Å²) < 4.78 is 2.12. The molecular formula is C21H19N5OS. The van der Waals surface area contributed by atoms with Crippen molar-refractivity contribution in [3.05, 3.63) is 67.0 Å². The van der Waals surface area contributed by atoms with Gasteiger partial charge in [0.1, 0.15) is 0 Å². The van der Waals surface area contributed by atoms with Crippen molar-refractivity contribution in [2.75, 3.05) is 11.1 Å². The molecule has 2 aromatic heterocycles. The van der Waals surface area contributed by atoms with Gasteiger partial charge in [-0.1, -0.05) is 54.2 Å². The third-order valence-electron chi connectivity index (χ3n) is 4.24. The smallest absolute Gasteiger partial charge is 0.234 e. The van der Waals surface area contributed by atoms with Crippen LogP contribution in [0.15, 0.2) is 72.1 Å². The molecule has 0 aliphatic heterocycles. The Hall–Kier alpha value is -3.19. The number of thioether (sulfide) groups is 1. The molecule has 140 valence electrons. The molecule has 0 fully saturated rings. The Morgan fingerprint density at radius 2 is 1.75 bits per heavy atom. The van der Waals surface area contributed by atoms with Gasteiger partial charge in [-0.05, 0) is 19.1 Å². The first kappa shape index (κ1) is 18.2. The average Bonchev–Trinajstić information content (AvgIpc) is 3.11. The zero-order valence-electron chi connectivity index (χ0n) is 15.4. The predicted octanol–water partition coefficient (Wildman–Crippen LogP) is 4.24. The third-order valence-corrected chi connectivity index (χ3v) is 5.21. The number of hydrogen-bond acceptors (Lipinski definition) is 5. The lowest BCUT2D eigenvalue weighted by atomic mass is 10.2. The van der Waals surface area contributed by atoms with Gasteiger partial charge in [-0.25, -0.2) is 15.0 Å². The van der Waals surface area contributed by atoms with E-state index in [9.17, 15) is 4.79 Å². The van der Waals surface area contributed by atoms with Crippen molar-refractivity contribution in [3.8, 4) is 11.4 Å². The Labute approximate surface area is 167 Å². The minimum Gasteiger partial charge on any atom is -0.323 e. The summed E-state index contributed by atoms with van der Waals surface area (Å²) in [7, 11) is 0. The first-order valence-corrected chi connectivity index (χ1v) is 9.98. The van der Waals surface area contributed by atoms with Crippen LogP contribution in [0.3, 0.4) is 0 Å². The molecule has 2 heterocycles. The number of para-hydroxylation sites is 2. The van der Waals surface area contributed by atoms with Crippen LogP contribution in [0.25, 0.3) is 22.4 Å². The van der Waals surface area contributed by atoms with E-state index in [4.69, 9.17) is 0 Å². The second kappa shape index (κ2) is 8.22. The van der Waals surface area contributed by atoms with Crippen LogP contribution in [0.2, 0.25) is 0 Å². The lowest BCUT2D eigenvalue weighted by Gasteiger charge is -2.07. The number of hydrogen-bond donors (Lipinski definition) is 1. The number of nitrogens with zero attached hydrogens (tertiary/aromatic N) is 4. The molecule has 7 heteroatoms. The number of aromatic nitrogens is 4. The Kier molecular flexibility index (Phi) is 5.34. The number of anilines is 1. The van der Waals surface area contributed by atoms with E-state index in [0.717, 1.165) is 28.3 Å². The summed E-state index contributed by atoms with van der Waals surface area (Å²) in [4.78, 5) is 25.6. The number of fused-ring (bicyclic) bond motifs is 1. The second-order valence-corrected chi connectivity index (χ2v) is 7.07. The maximum Gasteiger partial charge on any atom is 0.234 e. The Morgan fingerprint density at radius 1 is 1.04 bits per heavy atom. The van der Waals surface area contributed by atoms with E-state index >= 15 is 0 Å². The molecule has 6 nitrogen and oxygen atoms in total. The van der Waals surface area contributed by atoms with E-state index in [1.54, 1.807) is 12.4 Å². The maximum atomic E-state index is 12.3. The maximum absolute atomic E-state index is 12.3. The first-order valence-electron chi connectivity index (χ1n) is 9.00. The SMILES string of the molecule is CCn1c(SCC(=O)Nc2cnc(-c3ccccc3)nc2)nc2ccccc21. The monoisotopic (exact) mass is 389 g/mol. The van der Waals surface area contributed by atoms with Crippen molar-refractivity contribution in [3.63, 3.8) is 0 Å². The zero-order valence-corrected chi connectivity index (χ0v) is 16.2. The van der Waals surface area contributed by atoms with Crippen LogP contribution in [-0.2, 0) is 11.3 Å². The highest BCUT2D eigenvalue weighted by molar-refractivity contribution is 7.99. The number of carbonyl (C=O) groups excluding carboxylic acids is 1. The topological polar surface area (TPSA) is 72.7 Å². The van der Waals surface area contributed by atoms with Gasteiger partial charge in [-0.15, -0.1) is 0 Å². The molecule has 0 atom stereocenters. The molecule has 0 aliphatic carbocycles. The highest BCUT2D eigenvalue weighted by Crippen LogP contribution is 2.24. The fourth-order valence-corrected chi connectivity index (χ4v) is 3.80. The van der Waals surface area contributed by atoms with E-state index in [0.29, 0.717) is 11.5 Å². The molecule has 4 rings (SSSR count). The van der Waals surface area contributed by atoms with Crippen molar-refractivity contribution in [2.45, 2.75) is 18.6 Å². The summed E-state index contributed by atoms with van der Waals surface area (Å²) in [5, 5.41) is 3.68. The molecule has 4 aromatic rings. The minimum atomic E-state index is -0.115. The van der Waals surface area contributed by atoms with Crippen molar-refractivity contribution >= 4 is 34.4 Å². The van der Waals surface area contributed by atoms with Crippen LogP contribution >= 0.6 is 11.8 Å². The molecule has 1 N–H and O–H groups in total. The van der Waals surface area contributed by atoms with E-state index in [-0.39, 0.29) is 11.7 Å². The number of aryl methyl sites for hydroxylation is 1.